The Morgan fingerprint density at radius 2 is 1.56 bits per heavy atom. The third kappa shape index (κ3) is 8.62. The topological polar surface area (TPSA) is 215 Å². The molecule has 14 nitrogen and oxygen atoms in total. The Bertz CT molecular complexity index is 1750. The second-order valence-corrected chi connectivity index (χ2v) is 17.8. The van der Waals surface area contributed by atoms with Crippen LogP contribution in [0.5, 0.6) is 0 Å². The highest BCUT2D eigenvalue weighted by atomic mass is 16.6. The fraction of sp³-hybridized carbons (Fsp3) is 0.711. The SMILES string of the molecule is CCCCCCC(=O)N[C@@H](c1ccccc1)[C@@H](O)C(=O)O[C@H]1C[C@@]2(O)[C@@H](OC(=O)CCCCCC)[C@@H]3[C@]4(OC(C)=O)CO[C@@H]4C[C@H](O)[C@@]3(C)C(=O)[C@H](O)C(=C1C)C2(C)C. The number of unbranched alkanes of at least 4 members (excludes halogenated alkanes) is 6. The van der Waals surface area contributed by atoms with Gasteiger partial charge in [-0.2, -0.15) is 0 Å². The molecule has 1 amide bonds. The van der Waals surface area contributed by atoms with E-state index in [1.807, 2.05) is 6.92 Å². The Morgan fingerprint density at radius 1 is 0.932 bits per heavy atom. The van der Waals surface area contributed by atoms with E-state index in [2.05, 4.69) is 12.2 Å². The van der Waals surface area contributed by atoms with Crippen molar-refractivity contribution in [2.75, 3.05) is 6.61 Å². The van der Waals surface area contributed by atoms with Gasteiger partial charge in [0.15, 0.2) is 17.5 Å². The fourth-order valence-electron chi connectivity index (χ4n) is 10.2. The minimum atomic E-state index is -2.26. The summed E-state index contributed by atoms with van der Waals surface area (Å²) >= 11 is 0. The summed E-state index contributed by atoms with van der Waals surface area (Å²) in [6.07, 6.45) is -3.42. The molecule has 0 spiro atoms. The molecule has 0 aromatic heterocycles. The zero-order valence-electron chi connectivity index (χ0n) is 35.7. The van der Waals surface area contributed by atoms with Gasteiger partial charge >= 0.3 is 17.9 Å². The van der Waals surface area contributed by atoms with Gasteiger partial charge in [0, 0.05) is 38.0 Å². The number of aliphatic hydroxyl groups is 4. The molecule has 0 radical (unpaired) electrons. The van der Waals surface area contributed by atoms with Crippen molar-refractivity contribution in [2.45, 2.75) is 179 Å². The first-order valence-corrected chi connectivity index (χ1v) is 21.4. The van der Waals surface area contributed by atoms with E-state index in [4.69, 9.17) is 18.9 Å². The Morgan fingerprint density at radius 3 is 2.14 bits per heavy atom. The van der Waals surface area contributed by atoms with Crippen LogP contribution in [0.4, 0.5) is 0 Å². The number of esters is 3. The average molecular weight is 828 g/mol. The molecule has 5 rings (SSSR count). The van der Waals surface area contributed by atoms with Crippen LogP contribution >= 0.6 is 0 Å². The number of carbonyl (C=O) groups is 5. The lowest BCUT2D eigenvalue weighted by Gasteiger charge is -2.67. The highest BCUT2D eigenvalue weighted by molar-refractivity contribution is 5.93. The molecule has 1 aromatic rings. The van der Waals surface area contributed by atoms with Gasteiger partial charge < -0.3 is 44.7 Å². The van der Waals surface area contributed by atoms with Crippen LogP contribution in [0.3, 0.4) is 0 Å². The molecule has 0 unspecified atom stereocenters. The van der Waals surface area contributed by atoms with E-state index in [1.54, 1.807) is 51.1 Å². The van der Waals surface area contributed by atoms with E-state index < -0.39 is 101 Å². The summed E-state index contributed by atoms with van der Waals surface area (Å²) in [7, 11) is 0. The lowest BCUT2D eigenvalue weighted by atomic mass is 9.44. The third-order valence-corrected chi connectivity index (χ3v) is 13.7. The number of nitrogens with one attached hydrogen (secondary N) is 1. The molecule has 1 saturated heterocycles. The molecule has 2 bridgehead atoms. The molecule has 11 atom stereocenters. The lowest BCUT2D eigenvalue weighted by molar-refractivity contribution is -0.347. The smallest absolute Gasteiger partial charge is 0.338 e. The Balaban J connectivity index is 1.60. The second-order valence-electron chi connectivity index (χ2n) is 17.8. The maximum Gasteiger partial charge on any atom is 0.338 e. The van der Waals surface area contributed by atoms with Crippen molar-refractivity contribution in [3.8, 4) is 0 Å². The molecular weight excluding hydrogens is 762 g/mol. The minimum Gasteiger partial charge on any atom is -0.459 e. The molecule has 2 saturated carbocycles. The van der Waals surface area contributed by atoms with Gasteiger partial charge in [-0.25, -0.2) is 4.79 Å². The van der Waals surface area contributed by atoms with E-state index in [0.717, 1.165) is 38.5 Å². The molecule has 1 heterocycles. The summed E-state index contributed by atoms with van der Waals surface area (Å²) in [6.45, 7) is 11.2. The normalized spacial score (nSPS) is 33.2. The Labute approximate surface area is 347 Å². The van der Waals surface area contributed by atoms with Crippen LogP contribution in [0, 0.1) is 16.7 Å². The first kappa shape index (κ1) is 46.4. The number of Topliss-reactive ketones (excluding diaryl/α,β-unsaturated/α-hetero) is 1. The molecule has 14 heteroatoms. The number of ether oxygens (including phenoxy) is 4. The van der Waals surface area contributed by atoms with Crippen molar-refractivity contribution in [3.05, 3.63) is 47.0 Å². The van der Waals surface area contributed by atoms with Crippen LogP contribution in [-0.2, 0) is 42.9 Å². The quantitative estimate of drug-likeness (QED) is 0.0635. The summed E-state index contributed by atoms with van der Waals surface area (Å²) in [4.78, 5) is 68.9. The largest absolute Gasteiger partial charge is 0.459 e. The minimum absolute atomic E-state index is 0.00656. The monoisotopic (exact) mass is 827 g/mol. The molecule has 4 aliphatic rings. The number of hydrogen-bond acceptors (Lipinski definition) is 13. The van der Waals surface area contributed by atoms with Gasteiger partial charge in [0.05, 0.1) is 30.1 Å². The molecule has 1 aromatic carbocycles. The molecule has 3 fully saturated rings. The Hall–Kier alpha value is -3.69. The van der Waals surface area contributed by atoms with Gasteiger partial charge in [0.25, 0.3) is 0 Å². The number of ketones is 1. The maximum absolute atomic E-state index is 14.9. The van der Waals surface area contributed by atoms with Gasteiger partial charge in [-0.15, -0.1) is 0 Å². The second kappa shape index (κ2) is 18.5. The Kier molecular flexibility index (Phi) is 14.6. The zero-order valence-corrected chi connectivity index (χ0v) is 35.7. The van der Waals surface area contributed by atoms with Crippen LogP contribution in [-0.4, -0.2) is 104 Å². The van der Waals surface area contributed by atoms with Gasteiger partial charge in [-0.3, -0.25) is 19.2 Å². The molecule has 5 N–H and O–H groups in total. The number of fused-ring (bicyclic) bond motifs is 5. The summed E-state index contributed by atoms with van der Waals surface area (Å²) in [5, 5.41) is 51.9. The van der Waals surface area contributed by atoms with Crippen LogP contribution in [0.2, 0.25) is 0 Å². The summed E-state index contributed by atoms with van der Waals surface area (Å²) < 4.78 is 24.2. The van der Waals surface area contributed by atoms with Crippen molar-refractivity contribution in [1.29, 1.82) is 0 Å². The van der Waals surface area contributed by atoms with E-state index in [9.17, 15) is 44.4 Å². The highest BCUT2D eigenvalue weighted by Gasteiger charge is 2.78. The van der Waals surface area contributed by atoms with Crippen LogP contribution < -0.4 is 5.32 Å². The number of rotatable bonds is 17. The third-order valence-electron chi connectivity index (χ3n) is 13.7. The predicted octanol–water partition coefficient (Wildman–Crippen LogP) is 4.48. The van der Waals surface area contributed by atoms with Crippen molar-refractivity contribution in [2.24, 2.45) is 16.7 Å². The number of aliphatic hydroxyl groups excluding tert-OH is 3. The number of amides is 1. The van der Waals surface area contributed by atoms with Crippen LogP contribution in [0.1, 0.15) is 137 Å². The van der Waals surface area contributed by atoms with E-state index in [1.165, 1.54) is 13.8 Å². The van der Waals surface area contributed by atoms with Crippen molar-refractivity contribution < 1.29 is 63.3 Å². The van der Waals surface area contributed by atoms with Crippen molar-refractivity contribution in [1.82, 2.24) is 5.32 Å². The van der Waals surface area contributed by atoms with E-state index in [-0.39, 0.29) is 42.9 Å². The van der Waals surface area contributed by atoms with Gasteiger partial charge in [-0.1, -0.05) is 96.6 Å². The van der Waals surface area contributed by atoms with Gasteiger partial charge in [0.1, 0.15) is 30.0 Å². The van der Waals surface area contributed by atoms with Crippen LogP contribution in [0.25, 0.3) is 0 Å². The first-order chi connectivity index (χ1) is 27.8. The molecular formula is C45H65NO13. The lowest BCUT2D eigenvalue weighted by Crippen LogP contribution is -2.81. The highest BCUT2D eigenvalue weighted by Crippen LogP contribution is 2.64. The summed E-state index contributed by atoms with van der Waals surface area (Å²) in [5.41, 5.74) is -6.79. The van der Waals surface area contributed by atoms with Crippen LogP contribution in [0.15, 0.2) is 41.5 Å². The summed E-state index contributed by atoms with van der Waals surface area (Å²) in [6, 6.07) is 7.27. The molecule has 328 valence electrons. The maximum atomic E-state index is 14.9. The van der Waals surface area contributed by atoms with Crippen molar-refractivity contribution in [3.63, 3.8) is 0 Å². The molecule has 1 aliphatic heterocycles. The van der Waals surface area contributed by atoms with Gasteiger partial charge in [-0.05, 0) is 43.4 Å². The number of carbonyl (C=O) groups excluding carboxylic acids is 5. The number of benzene rings is 1. The number of hydrogen-bond donors (Lipinski definition) is 5. The molecule has 3 aliphatic carbocycles. The zero-order chi connectivity index (χ0) is 43.5. The summed E-state index contributed by atoms with van der Waals surface area (Å²) in [5.74, 6) is -5.25. The van der Waals surface area contributed by atoms with Crippen molar-refractivity contribution >= 4 is 29.6 Å². The average Bonchev–Trinajstić information content (AvgIpc) is 3.18. The predicted molar refractivity (Wildman–Crippen MR) is 214 cm³/mol. The standard InChI is InChI=1S/C45H65NO13/c1-8-10-12-17-21-32(49)46-35(28-19-15-14-16-20-28)37(52)41(54)57-29-24-45(55)40(58-33(50)22-18-13-11-9-2)38-43(7,39(53)36(51)34(26(29)3)42(45,5)6)30(48)23-31-44(38,25-56-31)59-27(4)47/h14-16,19-20,29-31,35-38,40,48,51-52,55H,8-13,17-18,21-25H2,1-7H3,(H,46,49)/t29-,30-,31+,35-,36+,37+,38-,40-,43+,44-,45+/m0/s1. The van der Waals surface area contributed by atoms with E-state index in [0.29, 0.717) is 18.4 Å². The first-order valence-electron chi connectivity index (χ1n) is 21.4. The molecule has 59 heavy (non-hydrogen) atoms. The van der Waals surface area contributed by atoms with E-state index >= 15 is 0 Å². The fourth-order valence-corrected chi connectivity index (χ4v) is 10.2. The van der Waals surface area contributed by atoms with Gasteiger partial charge in [0.2, 0.25) is 5.91 Å².